The van der Waals surface area contributed by atoms with E-state index >= 15 is 0 Å². The Hall–Kier alpha value is -0.860. The van der Waals surface area contributed by atoms with Gasteiger partial charge in [0.2, 0.25) is 0 Å². The second-order valence-corrected chi connectivity index (χ2v) is 6.20. The number of hydrogen-bond donors (Lipinski definition) is 1. The number of rotatable bonds is 7. The summed E-state index contributed by atoms with van der Waals surface area (Å²) in [7, 11) is 0. The van der Waals surface area contributed by atoms with E-state index in [0.717, 1.165) is 13.0 Å². The first kappa shape index (κ1) is 15.5. The van der Waals surface area contributed by atoms with Crippen molar-refractivity contribution in [3.8, 4) is 0 Å². The smallest absolute Gasteiger partial charge is 0.0334 e. The van der Waals surface area contributed by atoms with E-state index < -0.39 is 0 Å². The van der Waals surface area contributed by atoms with Gasteiger partial charge in [0.05, 0.1) is 0 Å². The van der Waals surface area contributed by atoms with Crippen LogP contribution in [0.2, 0.25) is 0 Å². The van der Waals surface area contributed by atoms with Crippen LogP contribution in [0.5, 0.6) is 0 Å². The molecule has 1 saturated heterocycles. The Morgan fingerprint density at radius 1 is 1.15 bits per heavy atom. The van der Waals surface area contributed by atoms with Crippen LogP contribution in [0.4, 0.5) is 0 Å². The first-order valence-corrected chi connectivity index (χ1v) is 8.23. The molecule has 1 aliphatic rings. The van der Waals surface area contributed by atoms with Crippen LogP contribution in [-0.2, 0) is 6.42 Å². The molecule has 2 unspecified atom stereocenters. The monoisotopic (exact) mass is 274 g/mol. The first-order chi connectivity index (χ1) is 9.70. The maximum Gasteiger partial charge on any atom is 0.0334 e. The number of nitrogens with zero attached hydrogens (tertiary/aromatic N) is 1. The van der Waals surface area contributed by atoms with Gasteiger partial charge in [-0.05, 0) is 57.8 Å². The zero-order valence-electron chi connectivity index (χ0n) is 13.4. The summed E-state index contributed by atoms with van der Waals surface area (Å²) in [5, 5.41) is 3.76. The molecule has 1 aliphatic heterocycles. The van der Waals surface area contributed by atoms with Crippen molar-refractivity contribution in [2.45, 2.75) is 58.0 Å². The Bertz CT molecular complexity index is 384. The number of benzene rings is 1. The molecule has 0 aliphatic carbocycles. The van der Waals surface area contributed by atoms with E-state index in [0.29, 0.717) is 6.04 Å². The van der Waals surface area contributed by atoms with Crippen molar-refractivity contribution in [3.05, 3.63) is 35.9 Å². The molecule has 1 aromatic rings. The molecule has 1 heterocycles. The van der Waals surface area contributed by atoms with Gasteiger partial charge in [-0.3, -0.25) is 4.90 Å². The molecule has 0 spiro atoms. The maximum atomic E-state index is 3.76. The Morgan fingerprint density at radius 3 is 2.35 bits per heavy atom. The number of likely N-dealkylation sites (N-methyl/N-ethyl adjacent to an activating group) is 1. The molecule has 0 bridgehead atoms. The molecule has 2 heteroatoms. The minimum absolute atomic E-state index is 0.266. The molecule has 1 N–H and O–H groups in total. The number of hydrogen-bond acceptors (Lipinski definition) is 2. The van der Waals surface area contributed by atoms with E-state index in [1.165, 1.54) is 37.9 Å². The highest BCUT2D eigenvalue weighted by Crippen LogP contribution is 2.29. The minimum atomic E-state index is 0.266. The molecular weight excluding hydrogens is 244 g/mol. The molecule has 0 amide bonds. The average Bonchev–Trinajstić information content (AvgIpc) is 3.02. The van der Waals surface area contributed by atoms with Crippen molar-refractivity contribution in [2.75, 3.05) is 19.6 Å². The van der Waals surface area contributed by atoms with Crippen molar-refractivity contribution in [1.29, 1.82) is 0 Å². The van der Waals surface area contributed by atoms with Crippen LogP contribution >= 0.6 is 0 Å². The summed E-state index contributed by atoms with van der Waals surface area (Å²) < 4.78 is 0. The third-order valence-electron chi connectivity index (χ3n) is 5.03. The van der Waals surface area contributed by atoms with Crippen LogP contribution in [-0.4, -0.2) is 36.1 Å². The summed E-state index contributed by atoms with van der Waals surface area (Å²) in [5.41, 5.74) is 1.71. The van der Waals surface area contributed by atoms with Crippen molar-refractivity contribution >= 4 is 0 Å². The van der Waals surface area contributed by atoms with Crippen molar-refractivity contribution < 1.29 is 0 Å². The molecule has 0 saturated carbocycles. The van der Waals surface area contributed by atoms with Crippen LogP contribution in [0, 0.1) is 0 Å². The standard InChI is InChI=1S/C18H30N2/c1-4-18(3,20-13-9-10-14-20)17(19-5-2)15-16-11-7-6-8-12-16/h6-8,11-12,17,19H,4-5,9-10,13-15H2,1-3H3. The Labute approximate surface area is 124 Å². The average molecular weight is 274 g/mol. The van der Waals surface area contributed by atoms with Crippen molar-refractivity contribution in [2.24, 2.45) is 0 Å². The highest BCUT2D eigenvalue weighted by Gasteiger charge is 2.38. The fraction of sp³-hybridized carbons (Fsp3) is 0.667. The van der Waals surface area contributed by atoms with Gasteiger partial charge in [0.1, 0.15) is 0 Å². The van der Waals surface area contributed by atoms with Crippen molar-refractivity contribution in [3.63, 3.8) is 0 Å². The predicted octanol–water partition coefficient (Wildman–Crippen LogP) is 3.47. The zero-order valence-corrected chi connectivity index (χ0v) is 13.4. The van der Waals surface area contributed by atoms with Gasteiger partial charge >= 0.3 is 0 Å². The number of nitrogens with one attached hydrogen (secondary N) is 1. The second kappa shape index (κ2) is 7.24. The van der Waals surface area contributed by atoms with E-state index in [2.05, 4.69) is 61.3 Å². The van der Waals surface area contributed by atoms with Gasteiger partial charge in [-0.25, -0.2) is 0 Å². The normalized spacial score (nSPS) is 20.8. The molecule has 0 radical (unpaired) electrons. The number of likely N-dealkylation sites (tertiary alicyclic amines) is 1. The highest BCUT2D eigenvalue weighted by molar-refractivity contribution is 5.17. The molecule has 2 nitrogen and oxygen atoms in total. The van der Waals surface area contributed by atoms with E-state index in [4.69, 9.17) is 0 Å². The zero-order chi connectivity index (χ0) is 14.4. The fourth-order valence-electron chi connectivity index (χ4n) is 3.53. The predicted molar refractivity (Wildman–Crippen MR) is 87.1 cm³/mol. The van der Waals surface area contributed by atoms with Crippen LogP contribution in [0.15, 0.2) is 30.3 Å². The lowest BCUT2D eigenvalue weighted by molar-refractivity contribution is 0.0847. The first-order valence-electron chi connectivity index (χ1n) is 8.23. The van der Waals surface area contributed by atoms with Gasteiger partial charge in [0.25, 0.3) is 0 Å². The van der Waals surface area contributed by atoms with Gasteiger partial charge in [-0.2, -0.15) is 0 Å². The summed E-state index contributed by atoms with van der Waals surface area (Å²) in [6.45, 7) is 10.6. The highest BCUT2D eigenvalue weighted by atomic mass is 15.2. The SMILES string of the molecule is CCNC(Cc1ccccc1)C(C)(CC)N1CCCC1. The van der Waals surface area contributed by atoms with E-state index in [1.807, 2.05) is 0 Å². The minimum Gasteiger partial charge on any atom is -0.312 e. The Morgan fingerprint density at radius 2 is 1.80 bits per heavy atom. The molecule has 0 aromatic heterocycles. The topological polar surface area (TPSA) is 15.3 Å². The van der Waals surface area contributed by atoms with Crippen LogP contribution in [0.25, 0.3) is 0 Å². The second-order valence-electron chi connectivity index (χ2n) is 6.20. The molecule has 112 valence electrons. The molecule has 1 aromatic carbocycles. The van der Waals surface area contributed by atoms with E-state index in [-0.39, 0.29) is 5.54 Å². The maximum absolute atomic E-state index is 3.76. The van der Waals surface area contributed by atoms with Gasteiger partial charge in [0.15, 0.2) is 0 Å². The summed E-state index contributed by atoms with van der Waals surface area (Å²) >= 11 is 0. The molecule has 20 heavy (non-hydrogen) atoms. The van der Waals surface area contributed by atoms with Crippen LogP contribution in [0.1, 0.15) is 45.6 Å². The molecule has 2 atom stereocenters. The molecule has 1 fully saturated rings. The Balaban J connectivity index is 2.16. The van der Waals surface area contributed by atoms with Gasteiger partial charge < -0.3 is 5.32 Å². The van der Waals surface area contributed by atoms with Gasteiger partial charge in [-0.1, -0.05) is 44.2 Å². The van der Waals surface area contributed by atoms with Crippen LogP contribution < -0.4 is 5.32 Å². The summed E-state index contributed by atoms with van der Waals surface area (Å²) in [6, 6.07) is 11.4. The van der Waals surface area contributed by atoms with Gasteiger partial charge in [-0.15, -0.1) is 0 Å². The van der Waals surface area contributed by atoms with E-state index in [9.17, 15) is 0 Å². The van der Waals surface area contributed by atoms with Crippen LogP contribution in [0.3, 0.4) is 0 Å². The van der Waals surface area contributed by atoms with E-state index in [1.54, 1.807) is 0 Å². The quantitative estimate of drug-likeness (QED) is 0.819. The lowest BCUT2D eigenvalue weighted by Gasteiger charge is -2.45. The molecular formula is C18H30N2. The van der Waals surface area contributed by atoms with Crippen molar-refractivity contribution in [1.82, 2.24) is 10.2 Å². The lowest BCUT2D eigenvalue weighted by Crippen LogP contribution is -2.59. The largest absolute Gasteiger partial charge is 0.312 e. The Kier molecular flexibility index (Phi) is 5.62. The fourth-order valence-corrected chi connectivity index (χ4v) is 3.53. The summed E-state index contributed by atoms with van der Waals surface area (Å²) in [5.74, 6) is 0. The molecule has 2 rings (SSSR count). The third kappa shape index (κ3) is 3.42. The lowest BCUT2D eigenvalue weighted by atomic mass is 9.83. The summed E-state index contributed by atoms with van der Waals surface area (Å²) in [4.78, 5) is 2.71. The van der Waals surface area contributed by atoms with Gasteiger partial charge in [0, 0.05) is 11.6 Å². The summed E-state index contributed by atoms with van der Waals surface area (Å²) in [6.07, 6.45) is 5.05. The third-order valence-corrected chi connectivity index (χ3v) is 5.03.